The quantitative estimate of drug-likeness (QED) is 0.0482. The maximum Gasteiger partial charge on any atom is 0.407 e. The largest absolute Gasteiger partial charge is 0.493 e. The Labute approximate surface area is 296 Å². The maximum atomic E-state index is 13.3. The number of carbonyl (C=O) groups is 3. The van der Waals surface area contributed by atoms with Crippen LogP contribution < -0.4 is 25.4 Å². The van der Waals surface area contributed by atoms with Gasteiger partial charge in [-0.15, -0.1) is 0 Å². The summed E-state index contributed by atoms with van der Waals surface area (Å²) in [5.41, 5.74) is 0.905. The van der Waals surface area contributed by atoms with E-state index in [-0.39, 0.29) is 56.4 Å². The highest BCUT2D eigenvalue weighted by molar-refractivity contribution is 6.00. The molecule has 51 heavy (non-hydrogen) atoms. The number of dihydropyridines is 1. The molecule has 16 heteroatoms. The molecule has 0 saturated heterocycles. The van der Waals surface area contributed by atoms with E-state index in [9.17, 15) is 29.6 Å². The van der Waals surface area contributed by atoms with E-state index >= 15 is 0 Å². The number of non-ortho nitro benzene ring substituents is 1. The van der Waals surface area contributed by atoms with Crippen molar-refractivity contribution in [1.82, 2.24) is 16.0 Å². The van der Waals surface area contributed by atoms with Crippen LogP contribution in [0.5, 0.6) is 11.5 Å². The molecule has 2 aromatic rings. The summed E-state index contributed by atoms with van der Waals surface area (Å²) in [7, 11) is 2.75. The first-order valence-electron chi connectivity index (χ1n) is 16.4. The zero-order valence-corrected chi connectivity index (χ0v) is 29.2. The molecule has 1 amide bonds. The third-order valence-corrected chi connectivity index (χ3v) is 7.58. The topological polar surface area (TPSA) is 206 Å². The Balaban J connectivity index is 1.44. The van der Waals surface area contributed by atoms with Crippen LogP contribution in [0.15, 0.2) is 71.1 Å². The van der Waals surface area contributed by atoms with Gasteiger partial charge in [0.2, 0.25) is 0 Å². The third-order valence-electron chi connectivity index (χ3n) is 7.58. The predicted molar refractivity (Wildman–Crippen MR) is 184 cm³/mol. The molecule has 2 unspecified atom stereocenters. The van der Waals surface area contributed by atoms with Gasteiger partial charge < -0.3 is 49.5 Å². The molecule has 3 rings (SSSR count). The molecular weight excluding hydrogens is 668 g/mol. The standard InChI is InChI=1S/C35H46N4O12/c1-5-49-34(42)32-27(38-23(2)30(33(41)47-4)31(32)24-11-10-12-25(19-24)39(44)45)22-48-18-16-37-35(43)50-17-9-8-15-36-20-26(40)21-51-29-14-7-6-13-28(29)46-3/h6-7,10-14,19,26,31,36,38,40H,5,8-9,15-18,20-22H2,1-4H3,(H,37,43). The zero-order valence-electron chi connectivity index (χ0n) is 29.2. The van der Waals surface area contributed by atoms with E-state index in [1.54, 1.807) is 39.2 Å². The number of para-hydroxylation sites is 2. The van der Waals surface area contributed by atoms with Crippen molar-refractivity contribution in [1.29, 1.82) is 0 Å². The van der Waals surface area contributed by atoms with Gasteiger partial charge >= 0.3 is 18.0 Å². The Morgan fingerprint density at radius 3 is 2.45 bits per heavy atom. The number of alkyl carbamates (subject to hydrolysis) is 1. The van der Waals surface area contributed by atoms with Crippen molar-refractivity contribution in [2.45, 2.75) is 38.7 Å². The average molecular weight is 715 g/mol. The lowest BCUT2D eigenvalue weighted by atomic mass is 9.80. The van der Waals surface area contributed by atoms with Crippen molar-refractivity contribution < 1.29 is 52.8 Å². The molecule has 2 aromatic carbocycles. The fraction of sp³-hybridized carbons (Fsp3) is 0.457. The number of nitrogens with one attached hydrogen (secondary N) is 3. The van der Waals surface area contributed by atoms with Gasteiger partial charge in [-0.3, -0.25) is 10.1 Å². The number of aliphatic hydroxyl groups excluding tert-OH is 1. The smallest absolute Gasteiger partial charge is 0.407 e. The lowest BCUT2D eigenvalue weighted by molar-refractivity contribution is -0.384. The van der Waals surface area contributed by atoms with Gasteiger partial charge in [-0.1, -0.05) is 24.3 Å². The monoisotopic (exact) mass is 714 g/mol. The zero-order chi connectivity index (χ0) is 37.2. The van der Waals surface area contributed by atoms with Gasteiger partial charge in [0, 0.05) is 30.9 Å². The van der Waals surface area contributed by atoms with Crippen LogP contribution in [0.1, 0.15) is 38.2 Å². The lowest BCUT2D eigenvalue weighted by Gasteiger charge is -2.31. The van der Waals surface area contributed by atoms with Crippen molar-refractivity contribution in [3.63, 3.8) is 0 Å². The molecule has 1 heterocycles. The van der Waals surface area contributed by atoms with E-state index in [1.807, 2.05) is 12.1 Å². The van der Waals surface area contributed by atoms with E-state index < -0.39 is 35.0 Å². The summed E-state index contributed by atoms with van der Waals surface area (Å²) in [6, 6.07) is 12.8. The van der Waals surface area contributed by atoms with E-state index in [2.05, 4.69) is 16.0 Å². The number of methoxy groups -OCH3 is 2. The van der Waals surface area contributed by atoms with Gasteiger partial charge in [-0.05, 0) is 50.9 Å². The highest BCUT2D eigenvalue weighted by atomic mass is 16.6. The Hall–Kier alpha value is -5.19. The molecule has 278 valence electrons. The second-order valence-electron chi connectivity index (χ2n) is 11.2. The summed E-state index contributed by atoms with van der Waals surface area (Å²) >= 11 is 0. The minimum Gasteiger partial charge on any atom is -0.493 e. The average Bonchev–Trinajstić information content (AvgIpc) is 3.12. The van der Waals surface area contributed by atoms with Crippen molar-refractivity contribution in [3.05, 3.63) is 86.7 Å². The van der Waals surface area contributed by atoms with Crippen LogP contribution in [0, 0.1) is 10.1 Å². The molecule has 0 bridgehead atoms. The van der Waals surface area contributed by atoms with Crippen molar-refractivity contribution >= 4 is 23.7 Å². The minimum atomic E-state index is -1.04. The summed E-state index contributed by atoms with van der Waals surface area (Å²) in [6.45, 7) is 4.57. The SMILES string of the molecule is CCOC(=O)C1=C(COCCNC(=O)OCCCCNCC(O)COc2ccccc2OC)NC(C)=C(C(=O)OC)C1c1cccc([N+](=O)[O-])c1. The van der Waals surface area contributed by atoms with Gasteiger partial charge in [0.1, 0.15) is 12.7 Å². The summed E-state index contributed by atoms with van der Waals surface area (Å²) in [4.78, 5) is 49.3. The molecule has 0 spiro atoms. The molecule has 1 aliphatic heterocycles. The summed E-state index contributed by atoms with van der Waals surface area (Å²) in [5.74, 6) is -1.35. The van der Waals surface area contributed by atoms with Crippen LogP contribution in [-0.4, -0.2) is 101 Å². The van der Waals surface area contributed by atoms with Crippen LogP contribution >= 0.6 is 0 Å². The number of nitro benzene ring substituents is 1. The Kier molecular flexibility index (Phi) is 16.7. The van der Waals surface area contributed by atoms with Gasteiger partial charge in [0.05, 0.1) is 68.3 Å². The lowest BCUT2D eigenvalue weighted by Crippen LogP contribution is -2.35. The fourth-order valence-electron chi connectivity index (χ4n) is 5.21. The molecule has 0 aromatic heterocycles. The Bertz CT molecular complexity index is 1560. The molecular formula is C35H46N4O12. The third kappa shape index (κ3) is 12.3. The predicted octanol–water partition coefficient (Wildman–Crippen LogP) is 3.11. The number of rotatable bonds is 21. The number of allylic oxidation sites excluding steroid dienone is 1. The van der Waals surface area contributed by atoms with Crippen LogP contribution in [0.4, 0.5) is 10.5 Å². The molecule has 4 N–H and O–H groups in total. The number of aliphatic hydroxyl groups is 1. The maximum absolute atomic E-state index is 13.3. The van der Waals surface area contributed by atoms with E-state index in [0.29, 0.717) is 54.4 Å². The molecule has 1 aliphatic rings. The normalized spacial score (nSPS) is 14.6. The number of carbonyl (C=O) groups excluding carboxylic acids is 3. The van der Waals surface area contributed by atoms with Crippen LogP contribution in [0.25, 0.3) is 0 Å². The van der Waals surface area contributed by atoms with Crippen LogP contribution in [0.2, 0.25) is 0 Å². The van der Waals surface area contributed by atoms with E-state index in [1.165, 1.54) is 25.3 Å². The Morgan fingerprint density at radius 2 is 1.75 bits per heavy atom. The van der Waals surface area contributed by atoms with Gasteiger partial charge in [0.25, 0.3) is 5.69 Å². The van der Waals surface area contributed by atoms with Crippen molar-refractivity contribution in [2.75, 3.05) is 66.9 Å². The minimum absolute atomic E-state index is 0.0425. The van der Waals surface area contributed by atoms with Gasteiger partial charge in [-0.25, -0.2) is 14.4 Å². The molecule has 0 radical (unpaired) electrons. The van der Waals surface area contributed by atoms with Crippen molar-refractivity contribution in [2.24, 2.45) is 0 Å². The van der Waals surface area contributed by atoms with E-state index in [4.69, 9.17) is 28.4 Å². The number of amides is 1. The number of esters is 2. The highest BCUT2D eigenvalue weighted by Crippen LogP contribution is 2.40. The second kappa shape index (κ2) is 21.1. The first kappa shape index (κ1) is 40.2. The number of nitro groups is 1. The second-order valence-corrected chi connectivity index (χ2v) is 11.2. The molecule has 16 nitrogen and oxygen atoms in total. The molecule has 0 fully saturated rings. The number of hydrogen-bond acceptors (Lipinski definition) is 14. The van der Waals surface area contributed by atoms with Gasteiger partial charge in [-0.2, -0.15) is 0 Å². The number of benzene rings is 2. The van der Waals surface area contributed by atoms with Crippen molar-refractivity contribution in [3.8, 4) is 11.5 Å². The molecule has 0 saturated carbocycles. The fourth-order valence-corrected chi connectivity index (χ4v) is 5.21. The Morgan fingerprint density at radius 1 is 0.980 bits per heavy atom. The number of hydrogen-bond donors (Lipinski definition) is 4. The molecule has 0 aliphatic carbocycles. The van der Waals surface area contributed by atoms with Crippen LogP contribution in [-0.2, 0) is 28.5 Å². The van der Waals surface area contributed by atoms with Gasteiger partial charge in [0.15, 0.2) is 11.5 Å². The number of unbranched alkanes of at least 4 members (excludes halogenated alkanes) is 1. The van der Waals surface area contributed by atoms with Crippen LogP contribution in [0.3, 0.4) is 0 Å². The summed E-state index contributed by atoms with van der Waals surface area (Å²) in [5, 5.41) is 30.4. The summed E-state index contributed by atoms with van der Waals surface area (Å²) < 4.78 is 32.1. The number of ether oxygens (including phenoxy) is 6. The first-order valence-corrected chi connectivity index (χ1v) is 16.4. The molecule has 2 atom stereocenters. The number of nitrogens with zero attached hydrogens (tertiary/aromatic N) is 1. The summed E-state index contributed by atoms with van der Waals surface area (Å²) in [6.07, 6.45) is -0.0180. The highest BCUT2D eigenvalue weighted by Gasteiger charge is 2.39. The first-order chi connectivity index (χ1) is 24.6. The van der Waals surface area contributed by atoms with E-state index in [0.717, 1.165) is 0 Å².